The van der Waals surface area contributed by atoms with Gasteiger partial charge in [-0.2, -0.15) is 0 Å². The van der Waals surface area contributed by atoms with E-state index in [4.69, 9.17) is 5.73 Å². The molecule has 1 aromatic carbocycles. The van der Waals surface area contributed by atoms with Crippen LogP contribution in [0.25, 0.3) is 0 Å². The number of benzene rings is 1. The van der Waals surface area contributed by atoms with Crippen LogP contribution in [0.5, 0.6) is 0 Å². The quantitative estimate of drug-likeness (QED) is 0.847. The summed E-state index contributed by atoms with van der Waals surface area (Å²) in [6.07, 6.45) is 2.15. The van der Waals surface area contributed by atoms with E-state index in [9.17, 15) is 0 Å². The summed E-state index contributed by atoms with van der Waals surface area (Å²) in [6.45, 7) is 13.8. The van der Waals surface area contributed by atoms with Crippen molar-refractivity contribution in [3.05, 3.63) is 34.9 Å². The zero-order valence-electron chi connectivity index (χ0n) is 13.4. The molecule has 2 rings (SSSR count). The van der Waals surface area contributed by atoms with E-state index in [2.05, 4.69) is 59.7 Å². The molecule has 106 valence electrons. The summed E-state index contributed by atoms with van der Waals surface area (Å²) in [5.74, 6) is 0.581. The molecule has 1 nitrogen and oxygen atoms in total. The molecule has 1 aromatic rings. The van der Waals surface area contributed by atoms with E-state index in [1.165, 1.54) is 16.7 Å². The van der Waals surface area contributed by atoms with Gasteiger partial charge in [-0.25, -0.2) is 0 Å². The van der Waals surface area contributed by atoms with E-state index in [1.54, 1.807) is 0 Å². The lowest BCUT2D eigenvalue weighted by molar-refractivity contribution is 0.457. The third-order valence-corrected chi connectivity index (χ3v) is 5.85. The Hall–Kier alpha value is -0.820. The second-order valence-corrected chi connectivity index (χ2v) is 7.19. The van der Waals surface area contributed by atoms with Gasteiger partial charge in [0.2, 0.25) is 0 Å². The van der Waals surface area contributed by atoms with Gasteiger partial charge in [-0.15, -0.1) is 0 Å². The number of nitrogens with two attached hydrogens (primary N) is 1. The Morgan fingerprint density at radius 2 is 1.63 bits per heavy atom. The highest BCUT2D eigenvalue weighted by atomic mass is 14.8. The van der Waals surface area contributed by atoms with Crippen molar-refractivity contribution < 1.29 is 0 Å². The van der Waals surface area contributed by atoms with Crippen LogP contribution in [0.2, 0.25) is 0 Å². The summed E-state index contributed by atoms with van der Waals surface area (Å²) in [4.78, 5) is 0. The number of hydrogen-bond acceptors (Lipinski definition) is 1. The van der Waals surface area contributed by atoms with E-state index in [1.807, 2.05) is 0 Å². The highest BCUT2D eigenvalue weighted by molar-refractivity contribution is 5.37. The van der Waals surface area contributed by atoms with Gasteiger partial charge in [0.15, 0.2) is 0 Å². The van der Waals surface area contributed by atoms with Crippen molar-refractivity contribution in [3.8, 4) is 0 Å². The maximum Gasteiger partial charge on any atom is 0.0337 e. The van der Waals surface area contributed by atoms with Crippen LogP contribution in [0.3, 0.4) is 0 Å². The van der Waals surface area contributed by atoms with Gasteiger partial charge in [0, 0.05) is 6.04 Å². The minimum Gasteiger partial charge on any atom is -0.324 e. The van der Waals surface area contributed by atoms with Crippen LogP contribution in [-0.4, -0.2) is 0 Å². The highest BCUT2D eigenvalue weighted by Crippen LogP contribution is 2.71. The molecule has 2 N–H and O–H groups in total. The smallest absolute Gasteiger partial charge is 0.0337 e. The van der Waals surface area contributed by atoms with Crippen molar-refractivity contribution in [2.24, 2.45) is 22.5 Å². The van der Waals surface area contributed by atoms with Gasteiger partial charge in [-0.05, 0) is 46.3 Å². The lowest BCUT2D eigenvalue weighted by Crippen LogP contribution is -2.18. The van der Waals surface area contributed by atoms with Crippen LogP contribution in [0.15, 0.2) is 18.2 Å². The van der Waals surface area contributed by atoms with Crippen LogP contribution in [0.1, 0.15) is 64.3 Å². The molecule has 0 aliphatic heterocycles. The lowest BCUT2D eigenvalue weighted by Gasteiger charge is -2.19. The van der Waals surface area contributed by atoms with Crippen LogP contribution in [0.4, 0.5) is 0 Å². The first kappa shape index (κ1) is 14.6. The average Bonchev–Trinajstić information content (AvgIpc) is 2.78. The lowest BCUT2D eigenvalue weighted by atomic mass is 9.90. The molecule has 1 aliphatic carbocycles. The second-order valence-electron chi connectivity index (χ2n) is 7.19. The maximum atomic E-state index is 6.65. The molecular weight excluding hydrogens is 230 g/mol. The van der Waals surface area contributed by atoms with Crippen LogP contribution in [-0.2, 0) is 12.8 Å². The Morgan fingerprint density at radius 3 is 2.05 bits per heavy atom. The SMILES string of the molecule is CCc1ccc(CC)c(C(N)C2C(C)(C)C2(C)C)c1. The van der Waals surface area contributed by atoms with Crippen molar-refractivity contribution in [1.82, 2.24) is 0 Å². The highest BCUT2D eigenvalue weighted by Gasteiger charge is 2.66. The van der Waals surface area contributed by atoms with E-state index in [-0.39, 0.29) is 6.04 Å². The Labute approximate surface area is 118 Å². The monoisotopic (exact) mass is 259 g/mol. The molecule has 0 bridgehead atoms. The first-order valence-corrected chi connectivity index (χ1v) is 7.64. The number of aryl methyl sites for hydroxylation is 2. The largest absolute Gasteiger partial charge is 0.324 e. The van der Waals surface area contributed by atoms with E-state index < -0.39 is 0 Å². The Bertz CT molecular complexity index is 457. The molecule has 19 heavy (non-hydrogen) atoms. The summed E-state index contributed by atoms with van der Waals surface area (Å²) < 4.78 is 0. The van der Waals surface area contributed by atoms with Crippen molar-refractivity contribution in [2.45, 2.75) is 60.4 Å². The van der Waals surface area contributed by atoms with Gasteiger partial charge in [0.1, 0.15) is 0 Å². The molecule has 1 heteroatoms. The molecule has 1 saturated carbocycles. The number of rotatable bonds is 4. The van der Waals surface area contributed by atoms with Crippen molar-refractivity contribution >= 4 is 0 Å². The maximum absolute atomic E-state index is 6.65. The van der Waals surface area contributed by atoms with Crippen molar-refractivity contribution in [2.75, 3.05) is 0 Å². The van der Waals surface area contributed by atoms with Gasteiger partial charge in [-0.1, -0.05) is 59.7 Å². The summed E-state index contributed by atoms with van der Waals surface area (Å²) in [7, 11) is 0. The Kier molecular flexibility index (Phi) is 3.55. The van der Waals surface area contributed by atoms with E-state index >= 15 is 0 Å². The van der Waals surface area contributed by atoms with Crippen molar-refractivity contribution in [3.63, 3.8) is 0 Å². The van der Waals surface area contributed by atoms with Gasteiger partial charge >= 0.3 is 0 Å². The van der Waals surface area contributed by atoms with Gasteiger partial charge in [-0.3, -0.25) is 0 Å². The van der Waals surface area contributed by atoms with Gasteiger partial charge in [0.05, 0.1) is 0 Å². The summed E-state index contributed by atoms with van der Waals surface area (Å²) in [6, 6.07) is 7.04. The molecule has 1 atom stereocenters. The third-order valence-electron chi connectivity index (χ3n) is 5.85. The molecule has 0 radical (unpaired) electrons. The molecule has 0 saturated heterocycles. The molecule has 1 fully saturated rings. The van der Waals surface area contributed by atoms with Crippen molar-refractivity contribution in [1.29, 1.82) is 0 Å². The first-order chi connectivity index (χ1) is 8.77. The standard InChI is InChI=1S/C18H29N/c1-7-12-9-10-13(8-2)14(11-12)15(19)16-17(3,4)18(16,5)6/h9-11,15-16H,7-8,19H2,1-6H3. The summed E-state index contributed by atoms with van der Waals surface area (Å²) in [5.41, 5.74) is 11.5. The zero-order valence-corrected chi connectivity index (χ0v) is 13.4. The normalized spacial score (nSPS) is 22.3. The van der Waals surface area contributed by atoms with Crippen LogP contribution >= 0.6 is 0 Å². The fourth-order valence-electron chi connectivity index (χ4n) is 3.82. The molecule has 1 unspecified atom stereocenters. The summed E-state index contributed by atoms with van der Waals surface area (Å²) >= 11 is 0. The zero-order chi connectivity index (χ0) is 14.4. The predicted octanol–water partition coefficient (Wildman–Crippen LogP) is 4.49. The Morgan fingerprint density at radius 1 is 1.05 bits per heavy atom. The second kappa shape index (κ2) is 4.63. The molecule has 0 heterocycles. The molecule has 0 aromatic heterocycles. The third kappa shape index (κ3) is 2.12. The predicted molar refractivity (Wildman–Crippen MR) is 83.2 cm³/mol. The van der Waals surface area contributed by atoms with Gasteiger partial charge < -0.3 is 5.73 Å². The molecule has 0 amide bonds. The summed E-state index contributed by atoms with van der Waals surface area (Å²) in [5, 5.41) is 0. The fraction of sp³-hybridized carbons (Fsp3) is 0.667. The van der Waals surface area contributed by atoms with E-state index in [0.717, 1.165) is 12.8 Å². The minimum absolute atomic E-state index is 0.173. The van der Waals surface area contributed by atoms with E-state index in [0.29, 0.717) is 16.7 Å². The minimum atomic E-state index is 0.173. The average molecular weight is 259 g/mol. The van der Waals surface area contributed by atoms with Crippen LogP contribution < -0.4 is 5.73 Å². The molecule has 0 spiro atoms. The number of hydrogen-bond donors (Lipinski definition) is 1. The Balaban J connectivity index is 2.37. The topological polar surface area (TPSA) is 26.0 Å². The molecular formula is C18H29N. The molecule has 1 aliphatic rings. The van der Waals surface area contributed by atoms with Gasteiger partial charge in [0.25, 0.3) is 0 Å². The van der Waals surface area contributed by atoms with Crippen LogP contribution in [0, 0.1) is 16.7 Å². The first-order valence-electron chi connectivity index (χ1n) is 7.64. The fourth-order valence-corrected chi connectivity index (χ4v) is 3.82.